The molecule has 0 atom stereocenters. The Morgan fingerprint density at radius 2 is 2.19 bits per heavy atom. The van der Waals surface area contributed by atoms with E-state index in [-0.39, 0.29) is 0 Å². The zero-order valence-electron chi connectivity index (χ0n) is 8.29. The Balaban J connectivity index is 2.46. The Kier molecular flexibility index (Phi) is 1.67. The molecule has 0 saturated heterocycles. The molecular weight excluding hydrogens is 204 g/mol. The van der Waals surface area contributed by atoms with Crippen LogP contribution in [0.1, 0.15) is 10.4 Å². The first-order chi connectivity index (χ1) is 7.75. The molecule has 0 aliphatic carbocycles. The number of benzene rings is 1. The van der Waals surface area contributed by atoms with E-state index in [4.69, 9.17) is 5.73 Å². The maximum Gasteiger partial charge on any atom is 0.248 e. The van der Waals surface area contributed by atoms with Crippen molar-refractivity contribution in [3.8, 4) is 0 Å². The van der Waals surface area contributed by atoms with Crippen LogP contribution >= 0.6 is 0 Å². The van der Waals surface area contributed by atoms with Crippen molar-refractivity contribution < 1.29 is 4.79 Å². The van der Waals surface area contributed by atoms with Crippen LogP contribution in [-0.4, -0.2) is 20.3 Å². The highest BCUT2D eigenvalue weighted by Crippen LogP contribution is 2.15. The molecule has 2 heterocycles. The van der Waals surface area contributed by atoms with Crippen molar-refractivity contribution in [1.82, 2.24) is 14.4 Å². The maximum absolute atomic E-state index is 11.1. The van der Waals surface area contributed by atoms with E-state index in [1.807, 2.05) is 10.6 Å². The van der Waals surface area contributed by atoms with Crippen molar-refractivity contribution in [3.05, 3.63) is 42.4 Å². The number of imidazole rings is 1. The molecule has 1 amide bonds. The summed E-state index contributed by atoms with van der Waals surface area (Å²) in [6.07, 6.45) is 5.20. The van der Waals surface area contributed by atoms with Gasteiger partial charge in [-0.25, -0.2) is 4.98 Å². The molecule has 5 heteroatoms. The molecule has 1 aromatic carbocycles. The summed E-state index contributed by atoms with van der Waals surface area (Å²) in [4.78, 5) is 19.5. The average Bonchev–Trinajstić information content (AvgIpc) is 2.76. The predicted octanol–water partition coefficient (Wildman–Crippen LogP) is 0.981. The summed E-state index contributed by atoms with van der Waals surface area (Å²) in [5.41, 5.74) is 8.08. The summed E-state index contributed by atoms with van der Waals surface area (Å²) < 4.78 is 1.87. The summed E-state index contributed by atoms with van der Waals surface area (Å²) >= 11 is 0. The van der Waals surface area contributed by atoms with Gasteiger partial charge in [-0.3, -0.25) is 14.2 Å². The van der Waals surface area contributed by atoms with Crippen molar-refractivity contribution in [2.24, 2.45) is 5.73 Å². The first-order valence-electron chi connectivity index (χ1n) is 4.77. The van der Waals surface area contributed by atoms with E-state index in [0.717, 1.165) is 16.7 Å². The van der Waals surface area contributed by atoms with Gasteiger partial charge < -0.3 is 5.73 Å². The third kappa shape index (κ3) is 1.15. The Morgan fingerprint density at radius 1 is 1.31 bits per heavy atom. The van der Waals surface area contributed by atoms with E-state index in [1.165, 1.54) is 0 Å². The zero-order chi connectivity index (χ0) is 11.1. The van der Waals surface area contributed by atoms with Crippen LogP contribution in [0.15, 0.2) is 36.8 Å². The molecule has 2 aromatic heterocycles. The van der Waals surface area contributed by atoms with Crippen LogP contribution in [0.25, 0.3) is 16.7 Å². The van der Waals surface area contributed by atoms with Gasteiger partial charge in [0, 0.05) is 18.0 Å². The molecule has 0 spiro atoms. The summed E-state index contributed by atoms with van der Waals surface area (Å²) in [5.74, 6) is -0.445. The SMILES string of the molecule is NC(=O)c1ccc2ncc3nccn3c2c1. The van der Waals surface area contributed by atoms with Gasteiger partial charge in [0.1, 0.15) is 0 Å². The predicted molar refractivity (Wildman–Crippen MR) is 59.0 cm³/mol. The fraction of sp³-hybridized carbons (Fsp3) is 0. The smallest absolute Gasteiger partial charge is 0.248 e. The van der Waals surface area contributed by atoms with Crippen molar-refractivity contribution in [2.75, 3.05) is 0 Å². The van der Waals surface area contributed by atoms with Crippen LogP contribution in [0, 0.1) is 0 Å². The monoisotopic (exact) mass is 212 g/mol. The van der Waals surface area contributed by atoms with Gasteiger partial charge in [-0.05, 0) is 18.2 Å². The van der Waals surface area contributed by atoms with Gasteiger partial charge in [0.15, 0.2) is 5.65 Å². The number of carbonyl (C=O) groups excluding carboxylic acids is 1. The number of rotatable bonds is 1. The van der Waals surface area contributed by atoms with Crippen LogP contribution in [-0.2, 0) is 0 Å². The summed E-state index contributed by atoms with van der Waals surface area (Å²) in [7, 11) is 0. The second kappa shape index (κ2) is 3.03. The minimum absolute atomic E-state index is 0.445. The third-order valence-electron chi connectivity index (χ3n) is 2.51. The molecule has 5 nitrogen and oxygen atoms in total. The second-order valence-corrected chi connectivity index (χ2v) is 3.48. The van der Waals surface area contributed by atoms with Crippen LogP contribution < -0.4 is 5.73 Å². The third-order valence-corrected chi connectivity index (χ3v) is 2.51. The van der Waals surface area contributed by atoms with Gasteiger partial charge in [0.2, 0.25) is 5.91 Å². The molecule has 0 aliphatic rings. The Morgan fingerprint density at radius 3 is 3.00 bits per heavy atom. The number of carbonyl (C=O) groups is 1. The largest absolute Gasteiger partial charge is 0.366 e. The van der Waals surface area contributed by atoms with Crippen molar-refractivity contribution in [1.29, 1.82) is 0 Å². The Labute approximate surface area is 90.5 Å². The minimum Gasteiger partial charge on any atom is -0.366 e. The van der Waals surface area contributed by atoms with Gasteiger partial charge in [0.25, 0.3) is 0 Å². The van der Waals surface area contributed by atoms with Gasteiger partial charge in [-0.2, -0.15) is 0 Å². The molecule has 0 radical (unpaired) electrons. The Hall–Kier alpha value is -2.43. The normalized spacial score (nSPS) is 11.0. The van der Waals surface area contributed by atoms with E-state index in [0.29, 0.717) is 5.56 Å². The Bertz CT molecular complexity index is 701. The van der Waals surface area contributed by atoms with Crippen LogP contribution in [0.5, 0.6) is 0 Å². The highest BCUT2D eigenvalue weighted by Gasteiger charge is 2.05. The van der Waals surface area contributed by atoms with Gasteiger partial charge in [-0.1, -0.05) is 0 Å². The van der Waals surface area contributed by atoms with Crippen LogP contribution in [0.4, 0.5) is 0 Å². The van der Waals surface area contributed by atoms with Crippen molar-refractivity contribution in [2.45, 2.75) is 0 Å². The molecule has 0 bridgehead atoms. The maximum atomic E-state index is 11.1. The number of amides is 1. The molecule has 0 aliphatic heterocycles. The number of fused-ring (bicyclic) bond motifs is 3. The van der Waals surface area contributed by atoms with E-state index in [9.17, 15) is 4.79 Å². The quantitative estimate of drug-likeness (QED) is 0.653. The van der Waals surface area contributed by atoms with Gasteiger partial charge in [-0.15, -0.1) is 0 Å². The molecule has 2 N–H and O–H groups in total. The number of aromatic nitrogens is 3. The molecule has 3 rings (SSSR count). The number of hydrogen-bond donors (Lipinski definition) is 1. The zero-order valence-corrected chi connectivity index (χ0v) is 8.29. The highest BCUT2D eigenvalue weighted by molar-refractivity contribution is 5.96. The van der Waals surface area contributed by atoms with Crippen LogP contribution in [0.2, 0.25) is 0 Å². The van der Waals surface area contributed by atoms with Gasteiger partial charge >= 0.3 is 0 Å². The molecule has 16 heavy (non-hydrogen) atoms. The summed E-state index contributed by atoms with van der Waals surface area (Å²) in [6, 6.07) is 5.16. The minimum atomic E-state index is -0.445. The van der Waals surface area contributed by atoms with Crippen molar-refractivity contribution in [3.63, 3.8) is 0 Å². The van der Waals surface area contributed by atoms with Crippen LogP contribution in [0.3, 0.4) is 0 Å². The van der Waals surface area contributed by atoms with E-state index in [1.54, 1.807) is 30.6 Å². The lowest BCUT2D eigenvalue weighted by atomic mass is 10.2. The summed E-state index contributed by atoms with van der Waals surface area (Å²) in [5, 5.41) is 0. The molecule has 78 valence electrons. The fourth-order valence-corrected chi connectivity index (χ4v) is 1.72. The number of nitrogens with zero attached hydrogens (tertiary/aromatic N) is 3. The van der Waals surface area contributed by atoms with Gasteiger partial charge in [0.05, 0.1) is 17.2 Å². The first kappa shape index (κ1) is 8.84. The highest BCUT2D eigenvalue weighted by atomic mass is 16.1. The molecule has 0 saturated carbocycles. The number of nitrogens with two attached hydrogens (primary N) is 1. The van der Waals surface area contributed by atoms with E-state index in [2.05, 4.69) is 9.97 Å². The lowest BCUT2D eigenvalue weighted by molar-refractivity contribution is 0.100. The van der Waals surface area contributed by atoms with E-state index < -0.39 is 5.91 Å². The number of primary amides is 1. The topological polar surface area (TPSA) is 73.3 Å². The first-order valence-corrected chi connectivity index (χ1v) is 4.77. The summed E-state index contributed by atoms with van der Waals surface area (Å²) in [6.45, 7) is 0. The number of hydrogen-bond acceptors (Lipinski definition) is 3. The van der Waals surface area contributed by atoms with E-state index >= 15 is 0 Å². The standard InChI is InChI=1S/C11H8N4O/c12-11(16)7-1-2-8-9(5-7)15-4-3-13-10(15)6-14-8/h1-6H,(H2,12,16). The van der Waals surface area contributed by atoms with Crippen molar-refractivity contribution >= 4 is 22.6 Å². The molecule has 0 unspecified atom stereocenters. The lowest BCUT2D eigenvalue weighted by Gasteiger charge is -2.02. The average molecular weight is 212 g/mol. The molecule has 3 aromatic rings. The molecule has 0 fully saturated rings. The molecular formula is C11H8N4O. The fourth-order valence-electron chi connectivity index (χ4n) is 1.72. The lowest BCUT2D eigenvalue weighted by Crippen LogP contribution is -2.10. The second-order valence-electron chi connectivity index (χ2n) is 3.48.